The molecule has 1 aromatic heterocycles. The second kappa shape index (κ2) is 8.62. The van der Waals surface area contributed by atoms with Gasteiger partial charge in [-0.2, -0.15) is 0 Å². The summed E-state index contributed by atoms with van der Waals surface area (Å²) in [6, 6.07) is 1.88. The van der Waals surface area contributed by atoms with Crippen LogP contribution < -0.4 is 0 Å². The standard InChI is InChI=1S/C9H16O2.C6H8N2/c1-2-11-9(10)8-6-4-3-5-7-8;1-5-3-4-7-6(2)8-5/h8H,2-7H2,1H3;3-4H,1-2H3. The van der Waals surface area contributed by atoms with Crippen molar-refractivity contribution >= 4 is 5.97 Å². The molecule has 1 aliphatic carbocycles. The number of rotatable bonds is 2. The van der Waals surface area contributed by atoms with E-state index in [2.05, 4.69) is 9.97 Å². The predicted octanol–water partition coefficient (Wildman–Crippen LogP) is 3.22. The van der Waals surface area contributed by atoms with E-state index in [-0.39, 0.29) is 11.9 Å². The molecule has 1 aliphatic rings. The number of ether oxygens (including phenoxy) is 1. The van der Waals surface area contributed by atoms with Crippen LogP contribution in [0, 0.1) is 19.8 Å². The predicted molar refractivity (Wildman–Crippen MR) is 74.7 cm³/mol. The molecule has 1 heterocycles. The summed E-state index contributed by atoms with van der Waals surface area (Å²) in [6.07, 6.45) is 7.53. The van der Waals surface area contributed by atoms with Gasteiger partial charge in [0.05, 0.1) is 12.5 Å². The van der Waals surface area contributed by atoms with Gasteiger partial charge in [0.15, 0.2) is 0 Å². The first-order valence-corrected chi connectivity index (χ1v) is 7.06. The zero-order valence-corrected chi connectivity index (χ0v) is 12.2. The fourth-order valence-corrected chi connectivity index (χ4v) is 2.17. The number of nitrogens with zero attached hydrogens (tertiary/aromatic N) is 2. The molecule has 1 aromatic rings. The fraction of sp³-hybridized carbons (Fsp3) is 0.667. The topological polar surface area (TPSA) is 52.1 Å². The van der Waals surface area contributed by atoms with E-state index >= 15 is 0 Å². The molecule has 1 saturated carbocycles. The second-order valence-electron chi connectivity index (χ2n) is 4.83. The van der Waals surface area contributed by atoms with Crippen LogP contribution in [0.4, 0.5) is 0 Å². The van der Waals surface area contributed by atoms with Crippen LogP contribution >= 0.6 is 0 Å². The van der Waals surface area contributed by atoms with Crippen molar-refractivity contribution in [3.63, 3.8) is 0 Å². The number of hydrogen-bond acceptors (Lipinski definition) is 4. The third-order valence-electron chi connectivity index (χ3n) is 3.14. The summed E-state index contributed by atoms with van der Waals surface area (Å²) in [5.41, 5.74) is 1.03. The Labute approximate surface area is 115 Å². The minimum atomic E-state index is 0.0206. The van der Waals surface area contributed by atoms with Crippen molar-refractivity contribution in [1.29, 1.82) is 0 Å². The molecule has 0 atom stereocenters. The van der Waals surface area contributed by atoms with Crippen LogP contribution in [0.5, 0.6) is 0 Å². The summed E-state index contributed by atoms with van der Waals surface area (Å²) in [5, 5.41) is 0. The van der Waals surface area contributed by atoms with Crippen molar-refractivity contribution in [1.82, 2.24) is 9.97 Å². The first kappa shape index (κ1) is 15.6. The molecule has 0 aromatic carbocycles. The Kier molecular flexibility index (Phi) is 7.08. The van der Waals surface area contributed by atoms with E-state index in [1.807, 2.05) is 26.8 Å². The third kappa shape index (κ3) is 6.32. The number of carbonyl (C=O) groups is 1. The SMILES string of the molecule is CCOC(=O)C1CCCCC1.Cc1ccnc(C)n1. The van der Waals surface area contributed by atoms with Gasteiger partial charge in [-0.1, -0.05) is 19.3 Å². The van der Waals surface area contributed by atoms with Crippen molar-refractivity contribution in [3.8, 4) is 0 Å². The minimum Gasteiger partial charge on any atom is -0.466 e. The number of carbonyl (C=O) groups excluding carboxylic acids is 1. The van der Waals surface area contributed by atoms with Gasteiger partial charge < -0.3 is 4.74 Å². The van der Waals surface area contributed by atoms with E-state index < -0.39 is 0 Å². The van der Waals surface area contributed by atoms with E-state index in [1.54, 1.807) is 6.20 Å². The molecule has 0 spiro atoms. The van der Waals surface area contributed by atoms with Gasteiger partial charge in [-0.3, -0.25) is 4.79 Å². The molecule has 0 bridgehead atoms. The molecule has 0 unspecified atom stereocenters. The highest BCUT2D eigenvalue weighted by Gasteiger charge is 2.21. The van der Waals surface area contributed by atoms with Gasteiger partial charge in [-0.05, 0) is 39.7 Å². The lowest BCUT2D eigenvalue weighted by Crippen LogP contribution is -2.20. The van der Waals surface area contributed by atoms with Crippen LogP contribution in [0.3, 0.4) is 0 Å². The summed E-state index contributed by atoms with van der Waals surface area (Å²) >= 11 is 0. The number of aryl methyl sites for hydroxylation is 2. The quantitative estimate of drug-likeness (QED) is 0.770. The number of esters is 1. The summed E-state index contributed by atoms with van der Waals surface area (Å²) in [4.78, 5) is 19.2. The van der Waals surface area contributed by atoms with Crippen molar-refractivity contribution in [3.05, 3.63) is 23.8 Å². The van der Waals surface area contributed by atoms with Gasteiger partial charge in [0, 0.05) is 11.9 Å². The molecule has 19 heavy (non-hydrogen) atoms. The Hall–Kier alpha value is -1.45. The minimum absolute atomic E-state index is 0.0206. The highest BCUT2D eigenvalue weighted by Crippen LogP contribution is 2.24. The van der Waals surface area contributed by atoms with E-state index in [1.165, 1.54) is 19.3 Å². The maximum Gasteiger partial charge on any atom is 0.308 e. The van der Waals surface area contributed by atoms with E-state index in [0.29, 0.717) is 6.61 Å². The maximum absolute atomic E-state index is 11.2. The average molecular weight is 264 g/mol. The highest BCUT2D eigenvalue weighted by atomic mass is 16.5. The van der Waals surface area contributed by atoms with Crippen LogP contribution in [0.25, 0.3) is 0 Å². The lowest BCUT2D eigenvalue weighted by molar-refractivity contribution is -0.149. The Morgan fingerprint density at radius 1 is 1.32 bits per heavy atom. The fourth-order valence-electron chi connectivity index (χ4n) is 2.17. The molecule has 2 rings (SSSR count). The molecule has 4 nitrogen and oxygen atoms in total. The Morgan fingerprint density at radius 2 is 2.00 bits per heavy atom. The smallest absolute Gasteiger partial charge is 0.308 e. The number of aromatic nitrogens is 2. The van der Waals surface area contributed by atoms with Gasteiger partial charge in [0.1, 0.15) is 5.82 Å². The lowest BCUT2D eigenvalue weighted by Gasteiger charge is -2.19. The molecule has 0 N–H and O–H groups in total. The molecule has 4 heteroatoms. The highest BCUT2D eigenvalue weighted by molar-refractivity contribution is 5.72. The molecule has 1 fully saturated rings. The normalized spacial score (nSPS) is 15.3. The van der Waals surface area contributed by atoms with Crippen molar-refractivity contribution in [2.75, 3.05) is 6.61 Å². The Morgan fingerprint density at radius 3 is 2.47 bits per heavy atom. The lowest BCUT2D eigenvalue weighted by atomic mass is 9.89. The molecule has 0 radical (unpaired) electrons. The van der Waals surface area contributed by atoms with Gasteiger partial charge in [0.25, 0.3) is 0 Å². The first-order valence-electron chi connectivity index (χ1n) is 7.06. The maximum atomic E-state index is 11.2. The van der Waals surface area contributed by atoms with Crippen LogP contribution in [0.15, 0.2) is 12.3 Å². The largest absolute Gasteiger partial charge is 0.466 e. The Bertz CT molecular complexity index is 370. The van der Waals surface area contributed by atoms with Crippen LogP contribution in [-0.2, 0) is 9.53 Å². The van der Waals surface area contributed by atoms with Crippen LogP contribution in [0.1, 0.15) is 50.5 Å². The first-order chi connectivity index (χ1) is 9.13. The molecule has 0 saturated heterocycles. The van der Waals surface area contributed by atoms with Gasteiger partial charge >= 0.3 is 5.97 Å². The zero-order chi connectivity index (χ0) is 14.1. The molecular weight excluding hydrogens is 240 g/mol. The summed E-state index contributed by atoms with van der Waals surface area (Å²) in [6.45, 7) is 6.22. The number of hydrogen-bond donors (Lipinski definition) is 0. The van der Waals surface area contributed by atoms with E-state index in [9.17, 15) is 4.79 Å². The Balaban J connectivity index is 0.000000200. The third-order valence-corrected chi connectivity index (χ3v) is 3.14. The van der Waals surface area contributed by atoms with Crippen molar-refractivity contribution in [2.45, 2.75) is 52.9 Å². The van der Waals surface area contributed by atoms with Gasteiger partial charge in [-0.25, -0.2) is 9.97 Å². The van der Waals surface area contributed by atoms with E-state index in [4.69, 9.17) is 4.74 Å². The molecule has 106 valence electrons. The molecular formula is C15H24N2O2. The monoisotopic (exact) mass is 264 g/mol. The summed E-state index contributed by atoms with van der Waals surface area (Å²) in [5.74, 6) is 1.07. The average Bonchev–Trinajstić information content (AvgIpc) is 2.40. The van der Waals surface area contributed by atoms with Gasteiger partial charge in [-0.15, -0.1) is 0 Å². The van der Waals surface area contributed by atoms with E-state index in [0.717, 1.165) is 24.4 Å². The van der Waals surface area contributed by atoms with Crippen LogP contribution in [0.2, 0.25) is 0 Å². The summed E-state index contributed by atoms with van der Waals surface area (Å²) < 4.78 is 4.94. The van der Waals surface area contributed by atoms with Crippen molar-refractivity contribution < 1.29 is 9.53 Å². The van der Waals surface area contributed by atoms with Crippen LogP contribution in [-0.4, -0.2) is 22.5 Å². The molecule has 0 amide bonds. The van der Waals surface area contributed by atoms with Gasteiger partial charge in [0.2, 0.25) is 0 Å². The second-order valence-corrected chi connectivity index (χ2v) is 4.83. The summed E-state index contributed by atoms with van der Waals surface area (Å²) in [7, 11) is 0. The molecule has 0 aliphatic heterocycles. The zero-order valence-electron chi connectivity index (χ0n) is 12.2. The van der Waals surface area contributed by atoms with Crippen molar-refractivity contribution in [2.24, 2.45) is 5.92 Å².